The Labute approximate surface area is 97.4 Å². The predicted octanol–water partition coefficient (Wildman–Crippen LogP) is 1.16. The van der Waals surface area contributed by atoms with Crippen molar-refractivity contribution < 1.29 is 9.59 Å². The summed E-state index contributed by atoms with van der Waals surface area (Å²) in [4.78, 5) is 25.5. The molecule has 1 fully saturated rings. The summed E-state index contributed by atoms with van der Waals surface area (Å²) in [5.74, 6) is 0.415. The Kier molecular flexibility index (Phi) is 3.94. The highest BCUT2D eigenvalue weighted by molar-refractivity contribution is 5.91. The molecule has 16 heavy (non-hydrogen) atoms. The second kappa shape index (κ2) is 4.85. The molecule has 1 unspecified atom stereocenters. The second-order valence-corrected chi connectivity index (χ2v) is 5.08. The molecule has 0 saturated carbocycles. The fourth-order valence-corrected chi connectivity index (χ4v) is 1.89. The van der Waals surface area contributed by atoms with Gasteiger partial charge in [0.1, 0.15) is 5.54 Å². The van der Waals surface area contributed by atoms with Gasteiger partial charge < -0.3 is 10.2 Å². The van der Waals surface area contributed by atoms with E-state index in [2.05, 4.69) is 19.2 Å². The van der Waals surface area contributed by atoms with Crippen molar-refractivity contribution >= 4 is 11.8 Å². The van der Waals surface area contributed by atoms with Crippen molar-refractivity contribution in [3.8, 4) is 0 Å². The summed E-state index contributed by atoms with van der Waals surface area (Å²) in [6.45, 7) is 8.93. The standard InChI is InChI=1S/C12H22N2O2/c1-5-9(2)8-10(15)14-7-6-13-11(16)12(14,3)4/h9H,5-8H2,1-4H3,(H,13,16). The van der Waals surface area contributed by atoms with Crippen LogP contribution < -0.4 is 5.32 Å². The Bertz CT molecular complexity index is 287. The highest BCUT2D eigenvalue weighted by atomic mass is 16.2. The smallest absolute Gasteiger partial charge is 0.245 e. The highest BCUT2D eigenvalue weighted by Gasteiger charge is 2.40. The topological polar surface area (TPSA) is 49.4 Å². The van der Waals surface area contributed by atoms with E-state index in [4.69, 9.17) is 0 Å². The fraction of sp³-hybridized carbons (Fsp3) is 0.833. The molecule has 92 valence electrons. The van der Waals surface area contributed by atoms with Gasteiger partial charge in [0.2, 0.25) is 11.8 Å². The third-order valence-electron chi connectivity index (χ3n) is 3.37. The number of piperazine rings is 1. The number of hydrogen-bond donors (Lipinski definition) is 1. The third kappa shape index (κ3) is 2.54. The van der Waals surface area contributed by atoms with Crippen LogP contribution in [-0.4, -0.2) is 35.3 Å². The molecule has 1 N–H and O–H groups in total. The van der Waals surface area contributed by atoms with E-state index in [1.54, 1.807) is 18.7 Å². The number of nitrogens with one attached hydrogen (secondary N) is 1. The summed E-state index contributed by atoms with van der Waals surface area (Å²) < 4.78 is 0. The van der Waals surface area contributed by atoms with Gasteiger partial charge in [-0.3, -0.25) is 9.59 Å². The number of rotatable bonds is 3. The SMILES string of the molecule is CCC(C)CC(=O)N1CCNC(=O)C1(C)C. The Hall–Kier alpha value is -1.06. The molecule has 1 heterocycles. The number of nitrogens with zero attached hydrogens (tertiary/aromatic N) is 1. The first-order chi connectivity index (χ1) is 7.39. The van der Waals surface area contributed by atoms with Crippen LogP contribution in [0.5, 0.6) is 0 Å². The zero-order valence-electron chi connectivity index (χ0n) is 10.7. The van der Waals surface area contributed by atoms with Crippen LogP contribution in [0, 0.1) is 5.92 Å². The summed E-state index contributed by atoms with van der Waals surface area (Å²) in [5.41, 5.74) is -0.706. The van der Waals surface area contributed by atoms with E-state index in [1.807, 2.05) is 0 Å². The summed E-state index contributed by atoms with van der Waals surface area (Å²) in [7, 11) is 0. The third-order valence-corrected chi connectivity index (χ3v) is 3.37. The van der Waals surface area contributed by atoms with Gasteiger partial charge in [-0.05, 0) is 19.8 Å². The van der Waals surface area contributed by atoms with Crippen molar-refractivity contribution in [3.05, 3.63) is 0 Å². The average molecular weight is 226 g/mol. The first kappa shape index (κ1) is 13.0. The molecule has 0 aliphatic carbocycles. The average Bonchev–Trinajstić information content (AvgIpc) is 2.21. The quantitative estimate of drug-likeness (QED) is 0.785. The van der Waals surface area contributed by atoms with Gasteiger partial charge in [0.25, 0.3) is 0 Å². The van der Waals surface area contributed by atoms with Gasteiger partial charge in [0, 0.05) is 19.5 Å². The number of carbonyl (C=O) groups excluding carboxylic acids is 2. The molecule has 0 aromatic heterocycles. The Morgan fingerprint density at radius 2 is 2.19 bits per heavy atom. The summed E-state index contributed by atoms with van der Waals surface area (Å²) >= 11 is 0. The molecule has 1 saturated heterocycles. The van der Waals surface area contributed by atoms with Crippen LogP contribution in [0.1, 0.15) is 40.5 Å². The lowest BCUT2D eigenvalue weighted by Gasteiger charge is -2.41. The van der Waals surface area contributed by atoms with Crippen molar-refractivity contribution in [1.82, 2.24) is 10.2 Å². The van der Waals surface area contributed by atoms with E-state index in [1.165, 1.54) is 0 Å². The molecule has 0 radical (unpaired) electrons. The molecule has 1 rings (SSSR count). The van der Waals surface area contributed by atoms with Gasteiger partial charge in [0.15, 0.2) is 0 Å². The summed E-state index contributed by atoms with van der Waals surface area (Å²) in [6.07, 6.45) is 1.53. The van der Waals surface area contributed by atoms with Crippen LogP contribution in [0.3, 0.4) is 0 Å². The number of amides is 2. The monoisotopic (exact) mass is 226 g/mol. The molecule has 1 atom stereocenters. The Balaban J connectivity index is 2.71. The van der Waals surface area contributed by atoms with Crippen molar-refractivity contribution in [2.24, 2.45) is 5.92 Å². The largest absolute Gasteiger partial charge is 0.352 e. The van der Waals surface area contributed by atoms with Gasteiger partial charge in [-0.2, -0.15) is 0 Å². The van der Waals surface area contributed by atoms with E-state index >= 15 is 0 Å². The van der Waals surface area contributed by atoms with E-state index in [0.29, 0.717) is 25.4 Å². The molecule has 0 bridgehead atoms. The van der Waals surface area contributed by atoms with E-state index in [0.717, 1.165) is 6.42 Å². The lowest BCUT2D eigenvalue weighted by Crippen LogP contribution is -2.63. The summed E-state index contributed by atoms with van der Waals surface area (Å²) in [6, 6.07) is 0. The number of carbonyl (C=O) groups is 2. The molecular weight excluding hydrogens is 204 g/mol. The maximum atomic E-state index is 12.1. The minimum absolute atomic E-state index is 0.0590. The molecule has 1 aliphatic heterocycles. The zero-order valence-corrected chi connectivity index (χ0v) is 10.7. The van der Waals surface area contributed by atoms with Crippen LogP contribution in [0.4, 0.5) is 0 Å². The highest BCUT2D eigenvalue weighted by Crippen LogP contribution is 2.20. The van der Waals surface area contributed by atoms with E-state index < -0.39 is 5.54 Å². The molecule has 0 aromatic rings. The maximum Gasteiger partial charge on any atom is 0.245 e. The van der Waals surface area contributed by atoms with Crippen molar-refractivity contribution in [1.29, 1.82) is 0 Å². The molecule has 2 amide bonds. The van der Waals surface area contributed by atoms with Crippen molar-refractivity contribution in [3.63, 3.8) is 0 Å². The molecule has 4 nitrogen and oxygen atoms in total. The Morgan fingerprint density at radius 3 is 2.75 bits per heavy atom. The summed E-state index contributed by atoms with van der Waals surface area (Å²) in [5, 5.41) is 2.79. The zero-order chi connectivity index (χ0) is 12.3. The van der Waals surface area contributed by atoms with E-state index in [-0.39, 0.29) is 11.8 Å². The number of hydrogen-bond acceptors (Lipinski definition) is 2. The molecule has 0 spiro atoms. The van der Waals surface area contributed by atoms with Crippen LogP contribution in [0.2, 0.25) is 0 Å². The van der Waals surface area contributed by atoms with Crippen molar-refractivity contribution in [2.75, 3.05) is 13.1 Å². The molecule has 0 aromatic carbocycles. The lowest BCUT2D eigenvalue weighted by molar-refractivity contribution is -0.149. The normalized spacial score (nSPS) is 21.5. The van der Waals surface area contributed by atoms with Gasteiger partial charge in [-0.15, -0.1) is 0 Å². The van der Waals surface area contributed by atoms with Crippen LogP contribution >= 0.6 is 0 Å². The molecular formula is C12H22N2O2. The first-order valence-corrected chi connectivity index (χ1v) is 5.98. The molecule has 1 aliphatic rings. The minimum atomic E-state index is -0.706. The van der Waals surface area contributed by atoms with Crippen LogP contribution in [0.15, 0.2) is 0 Å². The van der Waals surface area contributed by atoms with Gasteiger partial charge in [-0.1, -0.05) is 20.3 Å². The maximum absolute atomic E-state index is 12.1. The van der Waals surface area contributed by atoms with Gasteiger partial charge in [0.05, 0.1) is 0 Å². The second-order valence-electron chi connectivity index (χ2n) is 5.08. The minimum Gasteiger partial charge on any atom is -0.352 e. The predicted molar refractivity (Wildman–Crippen MR) is 62.9 cm³/mol. The van der Waals surface area contributed by atoms with Gasteiger partial charge >= 0.3 is 0 Å². The van der Waals surface area contributed by atoms with Crippen LogP contribution in [-0.2, 0) is 9.59 Å². The Morgan fingerprint density at radius 1 is 1.56 bits per heavy atom. The fourth-order valence-electron chi connectivity index (χ4n) is 1.89. The lowest BCUT2D eigenvalue weighted by atomic mass is 9.96. The van der Waals surface area contributed by atoms with Crippen molar-refractivity contribution in [2.45, 2.75) is 46.1 Å². The van der Waals surface area contributed by atoms with E-state index in [9.17, 15) is 9.59 Å². The molecule has 4 heteroatoms. The van der Waals surface area contributed by atoms with Gasteiger partial charge in [-0.25, -0.2) is 0 Å². The van der Waals surface area contributed by atoms with Crippen LogP contribution in [0.25, 0.3) is 0 Å². The first-order valence-electron chi connectivity index (χ1n) is 5.98.